The van der Waals surface area contributed by atoms with Gasteiger partial charge >= 0.3 is 0 Å². The molecule has 1 aliphatic heterocycles. The molecule has 0 amide bonds. The van der Waals surface area contributed by atoms with Gasteiger partial charge in [0, 0.05) is 50.3 Å². The maximum atomic E-state index is 3.94. The molecule has 1 N–H and O–H groups in total. The van der Waals surface area contributed by atoms with E-state index in [0.29, 0.717) is 0 Å². The maximum absolute atomic E-state index is 3.94. The van der Waals surface area contributed by atoms with Crippen LogP contribution in [0.4, 0.5) is 5.69 Å². The molecule has 1 aromatic rings. The molecule has 1 fully saturated rings. The smallest absolute Gasteiger partial charge is 0.0479 e. The first-order chi connectivity index (χ1) is 5.97. The van der Waals surface area contributed by atoms with E-state index in [-0.39, 0.29) is 0 Å². The van der Waals surface area contributed by atoms with Gasteiger partial charge in [-0.2, -0.15) is 0 Å². The van der Waals surface area contributed by atoms with E-state index in [1.54, 1.807) is 6.20 Å². The van der Waals surface area contributed by atoms with E-state index in [4.69, 9.17) is 0 Å². The minimum absolute atomic E-state index is 1.07. The topological polar surface area (TPSA) is 28.2 Å². The number of piperazine rings is 1. The van der Waals surface area contributed by atoms with E-state index < -0.39 is 0 Å². The highest BCUT2D eigenvalue weighted by Gasteiger charge is 2.09. The quantitative estimate of drug-likeness (QED) is 0.643. The number of hydrogen-bond acceptors (Lipinski definition) is 3. The summed E-state index contributed by atoms with van der Waals surface area (Å²) in [5, 5.41) is 3.31. The normalized spacial score (nSPS) is 17.8. The van der Waals surface area contributed by atoms with Crippen LogP contribution in [0.2, 0.25) is 0 Å². The second-order valence-corrected chi connectivity index (χ2v) is 2.86. The first-order valence-electron chi connectivity index (χ1n) is 4.24. The van der Waals surface area contributed by atoms with Crippen molar-refractivity contribution in [1.29, 1.82) is 0 Å². The largest absolute Gasteiger partial charge is 0.368 e. The molecular weight excluding hydrogens is 150 g/mol. The van der Waals surface area contributed by atoms with Crippen LogP contribution in [0.25, 0.3) is 0 Å². The third-order valence-electron chi connectivity index (χ3n) is 2.06. The summed E-state index contributed by atoms with van der Waals surface area (Å²) in [4.78, 5) is 6.26. The fourth-order valence-corrected chi connectivity index (χ4v) is 1.41. The van der Waals surface area contributed by atoms with Gasteiger partial charge in [-0.25, -0.2) is 0 Å². The van der Waals surface area contributed by atoms with Gasteiger partial charge in [0.1, 0.15) is 0 Å². The molecule has 1 radical (unpaired) electrons. The molecule has 0 aliphatic carbocycles. The highest BCUT2D eigenvalue weighted by atomic mass is 15.2. The van der Waals surface area contributed by atoms with Crippen LogP contribution in [0, 0.1) is 6.07 Å². The molecule has 1 saturated heterocycles. The van der Waals surface area contributed by atoms with Crippen LogP contribution in [-0.2, 0) is 0 Å². The molecule has 12 heavy (non-hydrogen) atoms. The predicted molar refractivity (Wildman–Crippen MR) is 48.2 cm³/mol. The SMILES string of the molecule is [c]1cnccc1N1CCNCC1. The third-order valence-corrected chi connectivity index (χ3v) is 2.06. The fraction of sp³-hybridized carbons (Fsp3) is 0.444. The van der Waals surface area contributed by atoms with E-state index in [2.05, 4.69) is 21.3 Å². The molecule has 1 aromatic heterocycles. The Kier molecular flexibility index (Phi) is 2.23. The number of pyridine rings is 1. The lowest BCUT2D eigenvalue weighted by molar-refractivity contribution is 0.589. The zero-order chi connectivity index (χ0) is 8.23. The lowest BCUT2D eigenvalue weighted by Gasteiger charge is -2.28. The Morgan fingerprint density at radius 3 is 2.92 bits per heavy atom. The highest BCUT2D eigenvalue weighted by molar-refractivity contribution is 5.43. The number of hydrogen-bond donors (Lipinski definition) is 1. The van der Waals surface area contributed by atoms with E-state index in [1.807, 2.05) is 12.3 Å². The number of rotatable bonds is 1. The maximum Gasteiger partial charge on any atom is 0.0479 e. The fourth-order valence-electron chi connectivity index (χ4n) is 1.41. The van der Waals surface area contributed by atoms with Gasteiger partial charge in [0.15, 0.2) is 0 Å². The molecule has 1 aliphatic rings. The van der Waals surface area contributed by atoms with Crippen molar-refractivity contribution in [1.82, 2.24) is 10.3 Å². The third kappa shape index (κ3) is 1.56. The van der Waals surface area contributed by atoms with Crippen LogP contribution in [0.3, 0.4) is 0 Å². The number of nitrogens with one attached hydrogen (secondary N) is 1. The molecule has 2 heterocycles. The monoisotopic (exact) mass is 162 g/mol. The van der Waals surface area contributed by atoms with Crippen molar-refractivity contribution in [3.05, 3.63) is 24.5 Å². The molecule has 0 atom stereocenters. The molecule has 3 nitrogen and oxygen atoms in total. The summed E-state index contributed by atoms with van der Waals surface area (Å²) in [6.45, 7) is 4.27. The zero-order valence-corrected chi connectivity index (χ0v) is 6.95. The Bertz CT molecular complexity index is 229. The van der Waals surface area contributed by atoms with Crippen molar-refractivity contribution in [3.8, 4) is 0 Å². The number of aromatic nitrogens is 1. The van der Waals surface area contributed by atoms with Crippen LogP contribution in [0.15, 0.2) is 18.5 Å². The summed E-state index contributed by atoms with van der Waals surface area (Å²) in [6.07, 6.45) is 3.53. The van der Waals surface area contributed by atoms with Crippen LogP contribution in [0.5, 0.6) is 0 Å². The Labute approximate surface area is 72.4 Å². The van der Waals surface area contributed by atoms with E-state index in [9.17, 15) is 0 Å². The van der Waals surface area contributed by atoms with E-state index in [0.717, 1.165) is 31.9 Å². The summed E-state index contributed by atoms with van der Waals surface area (Å²) in [7, 11) is 0. The molecule has 63 valence electrons. The minimum atomic E-state index is 1.07. The Balaban J connectivity index is 2.08. The molecule has 3 heteroatoms. The first-order valence-corrected chi connectivity index (χ1v) is 4.24. The van der Waals surface area contributed by atoms with Crippen LogP contribution in [-0.4, -0.2) is 31.2 Å². The average molecular weight is 162 g/mol. The molecule has 0 aromatic carbocycles. The van der Waals surface area contributed by atoms with E-state index in [1.165, 1.54) is 0 Å². The van der Waals surface area contributed by atoms with Gasteiger partial charge in [-0.1, -0.05) is 0 Å². The molecule has 0 spiro atoms. The van der Waals surface area contributed by atoms with Crippen molar-refractivity contribution in [2.45, 2.75) is 0 Å². The zero-order valence-electron chi connectivity index (χ0n) is 6.95. The lowest BCUT2D eigenvalue weighted by Crippen LogP contribution is -2.43. The van der Waals surface area contributed by atoms with Crippen LogP contribution >= 0.6 is 0 Å². The van der Waals surface area contributed by atoms with E-state index >= 15 is 0 Å². The Morgan fingerprint density at radius 1 is 1.42 bits per heavy atom. The van der Waals surface area contributed by atoms with Gasteiger partial charge in [0.25, 0.3) is 0 Å². The Morgan fingerprint density at radius 2 is 2.25 bits per heavy atom. The second kappa shape index (κ2) is 3.54. The molecule has 0 unspecified atom stereocenters. The predicted octanol–water partition coefficient (Wildman–Crippen LogP) is 0.291. The Hall–Kier alpha value is -1.09. The van der Waals surface area contributed by atoms with Gasteiger partial charge in [-0.15, -0.1) is 0 Å². The van der Waals surface area contributed by atoms with Crippen LogP contribution < -0.4 is 10.2 Å². The first kappa shape index (κ1) is 7.55. The van der Waals surface area contributed by atoms with Gasteiger partial charge in [-0.3, -0.25) is 4.98 Å². The second-order valence-electron chi connectivity index (χ2n) is 2.86. The van der Waals surface area contributed by atoms with Crippen molar-refractivity contribution in [3.63, 3.8) is 0 Å². The number of anilines is 1. The van der Waals surface area contributed by atoms with Gasteiger partial charge < -0.3 is 10.2 Å². The number of nitrogens with zero attached hydrogens (tertiary/aromatic N) is 2. The summed E-state index contributed by atoms with van der Waals surface area (Å²) >= 11 is 0. The van der Waals surface area contributed by atoms with Crippen molar-refractivity contribution < 1.29 is 0 Å². The van der Waals surface area contributed by atoms with Gasteiger partial charge in [0.2, 0.25) is 0 Å². The molecular formula is C9H12N3. The summed E-state index contributed by atoms with van der Waals surface area (Å²) in [5.41, 5.74) is 1.16. The van der Waals surface area contributed by atoms with Crippen molar-refractivity contribution in [2.75, 3.05) is 31.1 Å². The lowest BCUT2D eigenvalue weighted by atomic mass is 10.3. The average Bonchev–Trinajstić information content (AvgIpc) is 2.21. The highest BCUT2D eigenvalue weighted by Crippen LogP contribution is 2.10. The molecule has 0 bridgehead atoms. The van der Waals surface area contributed by atoms with Crippen LogP contribution in [0.1, 0.15) is 0 Å². The summed E-state index contributed by atoms with van der Waals surface area (Å²) < 4.78 is 0. The molecule has 2 rings (SSSR count). The minimum Gasteiger partial charge on any atom is -0.368 e. The standard InChI is InChI=1S/C9H12N3/c1-3-10-4-2-9(1)12-7-5-11-6-8-12/h1,3-4,11H,5-8H2. The van der Waals surface area contributed by atoms with Crippen molar-refractivity contribution >= 4 is 5.69 Å². The summed E-state index contributed by atoms with van der Waals surface area (Å²) in [5.74, 6) is 0. The van der Waals surface area contributed by atoms with Gasteiger partial charge in [0.05, 0.1) is 0 Å². The van der Waals surface area contributed by atoms with Gasteiger partial charge in [-0.05, 0) is 6.07 Å². The molecule has 0 saturated carbocycles. The van der Waals surface area contributed by atoms with Crippen molar-refractivity contribution in [2.24, 2.45) is 0 Å². The summed E-state index contributed by atoms with van der Waals surface area (Å²) in [6, 6.07) is 5.13.